The number of aromatic nitrogens is 2. The van der Waals surface area contributed by atoms with Gasteiger partial charge in [0.1, 0.15) is 5.82 Å². The van der Waals surface area contributed by atoms with E-state index in [-0.39, 0.29) is 0 Å². The Hall–Kier alpha value is -1.28. The molecule has 1 aromatic carbocycles. The van der Waals surface area contributed by atoms with Gasteiger partial charge in [0.05, 0.1) is 0 Å². The fraction of sp³-hybridized carbons (Fsp3) is 0.308. The highest BCUT2D eigenvalue weighted by atomic mass is 35.5. The van der Waals surface area contributed by atoms with Crippen molar-refractivity contribution in [3.05, 3.63) is 52.6 Å². The number of halogens is 1. The van der Waals surface area contributed by atoms with Crippen molar-refractivity contribution in [3.8, 4) is 0 Å². The molecule has 0 aliphatic carbocycles. The van der Waals surface area contributed by atoms with Crippen LogP contribution < -0.4 is 0 Å². The van der Waals surface area contributed by atoms with Crippen molar-refractivity contribution >= 4 is 11.6 Å². The smallest absolute Gasteiger partial charge is 0.103 e. The standard InChI is InChI=1S/C13H15ClN2/c1-10-15-9-13(16-10)4-2-3-11-5-7-12(14)8-6-11/h5-9H,2-4H2,1H3,(H,15,16). The third-order valence-corrected chi connectivity index (χ3v) is 2.83. The zero-order valence-corrected chi connectivity index (χ0v) is 10.1. The number of aromatic amines is 1. The maximum Gasteiger partial charge on any atom is 0.103 e. The summed E-state index contributed by atoms with van der Waals surface area (Å²) in [5.74, 6) is 0.987. The molecular formula is C13H15ClN2. The molecule has 1 N–H and O–H groups in total. The van der Waals surface area contributed by atoms with Crippen LogP contribution in [-0.2, 0) is 12.8 Å². The number of aryl methyl sites for hydroxylation is 3. The molecule has 0 radical (unpaired) electrons. The summed E-state index contributed by atoms with van der Waals surface area (Å²) in [5, 5.41) is 0.799. The van der Waals surface area contributed by atoms with Crippen LogP contribution in [0.3, 0.4) is 0 Å². The molecule has 0 spiro atoms. The first-order valence-corrected chi connectivity index (χ1v) is 5.87. The van der Waals surface area contributed by atoms with E-state index in [1.54, 1.807) is 0 Å². The van der Waals surface area contributed by atoms with Gasteiger partial charge in [-0.1, -0.05) is 23.7 Å². The van der Waals surface area contributed by atoms with E-state index >= 15 is 0 Å². The topological polar surface area (TPSA) is 28.7 Å². The van der Waals surface area contributed by atoms with E-state index in [1.807, 2.05) is 25.3 Å². The molecule has 0 bridgehead atoms. The minimum Gasteiger partial charge on any atom is -0.346 e. The largest absolute Gasteiger partial charge is 0.346 e. The van der Waals surface area contributed by atoms with Gasteiger partial charge < -0.3 is 4.98 Å². The molecule has 2 nitrogen and oxygen atoms in total. The quantitative estimate of drug-likeness (QED) is 0.861. The van der Waals surface area contributed by atoms with Crippen LogP contribution in [-0.4, -0.2) is 9.97 Å². The number of H-pyrrole nitrogens is 1. The summed E-state index contributed by atoms with van der Waals surface area (Å²) < 4.78 is 0. The lowest BCUT2D eigenvalue weighted by Gasteiger charge is -2.00. The van der Waals surface area contributed by atoms with Crippen LogP contribution in [0.15, 0.2) is 30.5 Å². The monoisotopic (exact) mass is 234 g/mol. The number of nitrogens with one attached hydrogen (secondary N) is 1. The molecule has 0 aliphatic heterocycles. The Labute approximate surface area is 101 Å². The molecule has 0 saturated heterocycles. The second-order valence-electron chi connectivity index (χ2n) is 3.97. The highest BCUT2D eigenvalue weighted by Gasteiger charge is 1.98. The highest BCUT2D eigenvalue weighted by Crippen LogP contribution is 2.12. The first-order chi connectivity index (χ1) is 7.74. The normalized spacial score (nSPS) is 10.6. The molecule has 0 amide bonds. The molecule has 0 aliphatic rings. The lowest BCUT2D eigenvalue weighted by atomic mass is 10.1. The highest BCUT2D eigenvalue weighted by molar-refractivity contribution is 6.30. The Balaban J connectivity index is 1.82. The fourth-order valence-electron chi connectivity index (χ4n) is 1.73. The predicted octanol–water partition coefficient (Wildman–Crippen LogP) is 3.55. The summed E-state index contributed by atoms with van der Waals surface area (Å²) in [7, 11) is 0. The van der Waals surface area contributed by atoms with Gasteiger partial charge >= 0.3 is 0 Å². The van der Waals surface area contributed by atoms with E-state index in [2.05, 4.69) is 22.1 Å². The van der Waals surface area contributed by atoms with E-state index in [0.717, 1.165) is 30.1 Å². The van der Waals surface area contributed by atoms with Gasteiger partial charge in [-0.2, -0.15) is 0 Å². The van der Waals surface area contributed by atoms with Crippen molar-refractivity contribution in [1.82, 2.24) is 9.97 Å². The Morgan fingerprint density at radius 3 is 2.56 bits per heavy atom. The van der Waals surface area contributed by atoms with Crippen LogP contribution in [0.4, 0.5) is 0 Å². The zero-order valence-electron chi connectivity index (χ0n) is 9.33. The van der Waals surface area contributed by atoms with Crippen molar-refractivity contribution in [1.29, 1.82) is 0 Å². The van der Waals surface area contributed by atoms with E-state index < -0.39 is 0 Å². The second-order valence-corrected chi connectivity index (χ2v) is 4.41. The van der Waals surface area contributed by atoms with E-state index in [1.165, 1.54) is 11.3 Å². The van der Waals surface area contributed by atoms with Gasteiger partial charge in [0, 0.05) is 16.9 Å². The van der Waals surface area contributed by atoms with Gasteiger partial charge in [-0.05, 0) is 43.9 Å². The maximum atomic E-state index is 5.83. The molecular weight excluding hydrogens is 220 g/mol. The first kappa shape index (κ1) is 11.2. The van der Waals surface area contributed by atoms with Crippen LogP contribution in [0, 0.1) is 6.92 Å². The molecule has 0 saturated carbocycles. The first-order valence-electron chi connectivity index (χ1n) is 5.49. The van der Waals surface area contributed by atoms with Crippen molar-refractivity contribution in [2.24, 2.45) is 0 Å². The Morgan fingerprint density at radius 1 is 1.19 bits per heavy atom. The lowest BCUT2D eigenvalue weighted by molar-refractivity contribution is 0.802. The molecule has 2 rings (SSSR count). The Bertz CT molecular complexity index is 445. The summed E-state index contributed by atoms with van der Waals surface area (Å²) in [6, 6.07) is 8.05. The van der Waals surface area contributed by atoms with E-state index in [4.69, 9.17) is 11.6 Å². The average molecular weight is 235 g/mol. The van der Waals surface area contributed by atoms with Crippen LogP contribution in [0.25, 0.3) is 0 Å². The second kappa shape index (κ2) is 5.17. The van der Waals surface area contributed by atoms with E-state index in [0.29, 0.717) is 0 Å². The Morgan fingerprint density at radius 2 is 1.94 bits per heavy atom. The summed E-state index contributed by atoms with van der Waals surface area (Å²) in [6.07, 6.45) is 5.17. The van der Waals surface area contributed by atoms with Gasteiger partial charge in [-0.15, -0.1) is 0 Å². The summed E-state index contributed by atoms with van der Waals surface area (Å²) >= 11 is 5.83. The SMILES string of the molecule is Cc1ncc(CCCc2ccc(Cl)cc2)[nH]1. The van der Waals surface area contributed by atoms with Crippen LogP contribution >= 0.6 is 11.6 Å². The molecule has 2 aromatic rings. The molecule has 0 atom stereocenters. The van der Waals surface area contributed by atoms with Gasteiger partial charge in [0.2, 0.25) is 0 Å². The summed E-state index contributed by atoms with van der Waals surface area (Å²) in [5.41, 5.74) is 2.55. The number of benzene rings is 1. The summed E-state index contributed by atoms with van der Waals surface area (Å²) in [4.78, 5) is 7.42. The third-order valence-electron chi connectivity index (χ3n) is 2.58. The van der Waals surface area contributed by atoms with Crippen molar-refractivity contribution < 1.29 is 0 Å². The molecule has 1 heterocycles. The minimum atomic E-state index is 0.799. The molecule has 84 valence electrons. The van der Waals surface area contributed by atoms with Gasteiger partial charge in [-0.3, -0.25) is 0 Å². The minimum absolute atomic E-state index is 0.799. The average Bonchev–Trinajstić information content (AvgIpc) is 2.67. The van der Waals surface area contributed by atoms with Crippen molar-refractivity contribution in [2.75, 3.05) is 0 Å². The lowest BCUT2D eigenvalue weighted by Crippen LogP contribution is -1.90. The molecule has 0 unspecified atom stereocenters. The van der Waals surface area contributed by atoms with Gasteiger partial charge in [-0.25, -0.2) is 4.98 Å². The maximum absolute atomic E-state index is 5.83. The number of nitrogens with zero attached hydrogens (tertiary/aromatic N) is 1. The number of imidazole rings is 1. The molecule has 1 aromatic heterocycles. The number of hydrogen-bond donors (Lipinski definition) is 1. The van der Waals surface area contributed by atoms with Gasteiger partial charge in [0.15, 0.2) is 0 Å². The van der Waals surface area contributed by atoms with Crippen LogP contribution in [0.2, 0.25) is 5.02 Å². The molecule has 3 heteroatoms. The third kappa shape index (κ3) is 3.11. The zero-order chi connectivity index (χ0) is 11.4. The molecule has 16 heavy (non-hydrogen) atoms. The summed E-state index contributed by atoms with van der Waals surface area (Å²) in [6.45, 7) is 1.97. The van der Waals surface area contributed by atoms with E-state index in [9.17, 15) is 0 Å². The van der Waals surface area contributed by atoms with Crippen LogP contribution in [0.5, 0.6) is 0 Å². The predicted molar refractivity (Wildman–Crippen MR) is 66.8 cm³/mol. The number of rotatable bonds is 4. The number of hydrogen-bond acceptors (Lipinski definition) is 1. The van der Waals surface area contributed by atoms with Crippen molar-refractivity contribution in [3.63, 3.8) is 0 Å². The fourth-order valence-corrected chi connectivity index (χ4v) is 1.86. The molecule has 0 fully saturated rings. The van der Waals surface area contributed by atoms with Crippen molar-refractivity contribution in [2.45, 2.75) is 26.2 Å². The van der Waals surface area contributed by atoms with Gasteiger partial charge in [0.25, 0.3) is 0 Å². The van der Waals surface area contributed by atoms with Crippen LogP contribution in [0.1, 0.15) is 23.5 Å². The Kier molecular flexibility index (Phi) is 3.62.